The fourth-order valence-corrected chi connectivity index (χ4v) is 6.11. The van der Waals surface area contributed by atoms with Crippen LogP contribution >= 0.6 is 34.8 Å². The van der Waals surface area contributed by atoms with Crippen LogP contribution in [0, 0.1) is 6.92 Å². The van der Waals surface area contributed by atoms with Gasteiger partial charge in [-0.15, -0.1) is 0 Å². The van der Waals surface area contributed by atoms with Crippen LogP contribution in [0.25, 0.3) is 0 Å². The monoisotopic (exact) mass is 623 g/mol. The van der Waals surface area contributed by atoms with Gasteiger partial charge in [-0.1, -0.05) is 72.1 Å². The van der Waals surface area contributed by atoms with Gasteiger partial charge in [-0.25, -0.2) is 8.42 Å². The van der Waals surface area contributed by atoms with Crippen LogP contribution in [0.3, 0.4) is 0 Å². The highest BCUT2D eigenvalue weighted by molar-refractivity contribution is 7.92. The smallest absolute Gasteiger partial charge is 0.264 e. The highest BCUT2D eigenvalue weighted by Crippen LogP contribution is 2.31. The molecule has 0 fully saturated rings. The molecule has 0 heterocycles. The van der Waals surface area contributed by atoms with Crippen molar-refractivity contribution in [2.45, 2.75) is 57.6 Å². The molecule has 1 N–H and O–H groups in total. The van der Waals surface area contributed by atoms with Crippen LogP contribution in [0.5, 0.6) is 0 Å². The van der Waals surface area contributed by atoms with E-state index in [9.17, 15) is 18.0 Å². The molecule has 40 heavy (non-hydrogen) atoms. The number of amides is 2. The standard InChI is InChI=1S/C29H32Cl3N3O4S/c1-5-19(2)33-29(37)21(4)34(17-22-14-15-23(30)16-26(22)32)28(36)18-35(27-13-9-12-25(31)20(27)3)40(38,39)24-10-7-6-8-11-24/h6-16,19,21H,5,17-18H2,1-4H3,(H,33,37)/t19-,21+/m0/s1. The zero-order valence-electron chi connectivity index (χ0n) is 22.7. The largest absolute Gasteiger partial charge is 0.352 e. The van der Waals surface area contributed by atoms with Crippen molar-refractivity contribution in [3.63, 3.8) is 0 Å². The summed E-state index contributed by atoms with van der Waals surface area (Å²) in [5.74, 6) is -0.971. The average molecular weight is 625 g/mol. The van der Waals surface area contributed by atoms with Crippen LogP contribution in [0.2, 0.25) is 15.1 Å². The van der Waals surface area contributed by atoms with Crippen molar-refractivity contribution >= 4 is 62.3 Å². The van der Waals surface area contributed by atoms with Crippen LogP contribution < -0.4 is 9.62 Å². The number of nitrogens with one attached hydrogen (secondary N) is 1. The maximum Gasteiger partial charge on any atom is 0.264 e. The van der Waals surface area contributed by atoms with Crippen LogP contribution in [-0.4, -0.2) is 43.8 Å². The van der Waals surface area contributed by atoms with E-state index in [1.54, 1.807) is 68.4 Å². The Morgan fingerprint density at radius 3 is 2.23 bits per heavy atom. The molecule has 0 aromatic heterocycles. The number of benzene rings is 3. The molecule has 3 aromatic rings. The molecular formula is C29H32Cl3N3O4S. The summed E-state index contributed by atoms with van der Waals surface area (Å²) in [6, 6.07) is 16.5. The lowest BCUT2D eigenvalue weighted by atomic mass is 10.1. The molecule has 0 aliphatic rings. The summed E-state index contributed by atoms with van der Waals surface area (Å²) in [5, 5.41) is 3.99. The molecular weight excluding hydrogens is 593 g/mol. The Morgan fingerprint density at radius 2 is 1.60 bits per heavy atom. The van der Waals surface area contributed by atoms with E-state index >= 15 is 0 Å². The maximum absolute atomic E-state index is 14.0. The van der Waals surface area contributed by atoms with Crippen molar-refractivity contribution in [3.05, 3.63) is 92.9 Å². The summed E-state index contributed by atoms with van der Waals surface area (Å²) in [6.45, 7) is 6.46. The number of carbonyl (C=O) groups excluding carboxylic acids is 2. The number of rotatable bonds is 11. The van der Waals surface area contributed by atoms with Crippen LogP contribution in [0.4, 0.5) is 5.69 Å². The number of sulfonamides is 1. The summed E-state index contributed by atoms with van der Waals surface area (Å²) in [5.41, 5.74) is 1.30. The van der Waals surface area contributed by atoms with Gasteiger partial charge in [0.25, 0.3) is 10.0 Å². The van der Waals surface area contributed by atoms with E-state index in [0.29, 0.717) is 32.6 Å². The fraction of sp³-hybridized carbons (Fsp3) is 0.310. The van der Waals surface area contributed by atoms with Gasteiger partial charge in [0.2, 0.25) is 11.8 Å². The quantitative estimate of drug-likeness (QED) is 0.265. The Morgan fingerprint density at radius 1 is 0.925 bits per heavy atom. The molecule has 11 heteroatoms. The normalized spacial score (nSPS) is 12.9. The van der Waals surface area contributed by atoms with E-state index in [0.717, 1.165) is 4.31 Å². The Kier molecular flexibility index (Phi) is 10.9. The first-order valence-corrected chi connectivity index (χ1v) is 15.3. The highest BCUT2D eigenvalue weighted by Gasteiger charge is 2.33. The van der Waals surface area contributed by atoms with Crippen molar-refractivity contribution in [2.24, 2.45) is 0 Å². The summed E-state index contributed by atoms with van der Waals surface area (Å²) in [4.78, 5) is 28.5. The van der Waals surface area contributed by atoms with Crippen molar-refractivity contribution in [2.75, 3.05) is 10.8 Å². The molecule has 0 spiro atoms. The number of nitrogens with zero attached hydrogens (tertiary/aromatic N) is 2. The third-order valence-corrected chi connectivity index (χ3v) is 9.41. The second-order valence-electron chi connectivity index (χ2n) is 9.46. The molecule has 3 aromatic carbocycles. The number of halogens is 3. The van der Waals surface area contributed by atoms with Gasteiger partial charge in [0.05, 0.1) is 10.6 Å². The van der Waals surface area contributed by atoms with Crippen molar-refractivity contribution < 1.29 is 18.0 Å². The van der Waals surface area contributed by atoms with Gasteiger partial charge in [-0.05, 0) is 74.7 Å². The number of carbonyl (C=O) groups is 2. The van der Waals surface area contributed by atoms with Gasteiger partial charge in [-0.3, -0.25) is 13.9 Å². The molecule has 214 valence electrons. The number of hydrogen-bond donors (Lipinski definition) is 1. The van der Waals surface area contributed by atoms with E-state index in [4.69, 9.17) is 34.8 Å². The molecule has 0 aliphatic carbocycles. The second kappa shape index (κ2) is 13.7. The van der Waals surface area contributed by atoms with Crippen LogP contribution in [0.15, 0.2) is 71.6 Å². The zero-order valence-corrected chi connectivity index (χ0v) is 25.8. The van der Waals surface area contributed by atoms with Gasteiger partial charge in [-0.2, -0.15) is 0 Å². The highest BCUT2D eigenvalue weighted by atomic mass is 35.5. The average Bonchev–Trinajstić information content (AvgIpc) is 2.92. The lowest BCUT2D eigenvalue weighted by molar-refractivity contribution is -0.139. The third kappa shape index (κ3) is 7.49. The van der Waals surface area contributed by atoms with Crippen LogP contribution in [-0.2, 0) is 26.2 Å². The molecule has 0 radical (unpaired) electrons. The fourth-order valence-electron chi connectivity index (χ4n) is 3.98. The summed E-state index contributed by atoms with van der Waals surface area (Å²) < 4.78 is 28.8. The van der Waals surface area contributed by atoms with E-state index < -0.39 is 28.5 Å². The number of anilines is 1. The van der Waals surface area contributed by atoms with Gasteiger partial charge < -0.3 is 10.2 Å². The molecule has 7 nitrogen and oxygen atoms in total. The van der Waals surface area contributed by atoms with E-state index in [-0.39, 0.29) is 29.1 Å². The second-order valence-corrected chi connectivity index (χ2v) is 12.6. The zero-order chi connectivity index (χ0) is 29.6. The minimum Gasteiger partial charge on any atom is -0.352 e. The van der Waals surface area contributed by atoms with Gasteiger partial charge >= 0.3 is 0 Å². The van der Waals surface area contributed by atoms with Gasteiger partial charge in [0.15, 0.2) is 0 Å². The first-order valence-electron chi connectivity index (χ1n) is 12.7. The Hall–Kier alpha value is -2.78. The van der Waals surface area contributed by atoms with Gasteiger partial charge in [0.1, 0.15) is 12.6 Å². The predicted octanol–water partition coefficient (Wildman–Crippen LogP) is 6.48. The molecule has 0 bridgehead atoms. The lowest BCUT2D eigenvalue weighted by Crippen LogP contribution is -2.52. The molecule has 2 amide bonds. The summed E-state index contributed by atoms with van der Waals surface area (Å²) in [6.07, 6.45) is 0.701. The lowest BCUT2D eigenvalue weighted by Gasteiger charge is -2.33. The van der Waals surface area contributed by atoms with Crippen molar-refractivity contribution in [1.29, 1.82) is 0 Å². The molecule has 0 unspecified atom stereocenters. The SMILES string of the molecule is CC[C@H](C)NC(=O)[C@@H](C)N(Cc1ccc(Cl)cc1Cl)C(=O)CN(c1cccc(Cl)c1C)S(=O)(=O)c1ccccc1. The van der Waals surface area contributed by atoms with E-state index in [1.165, 1.54) is 17.0 Å². The Balaban J connectivity index is 2.08. The van der Waals surface area contributed by atoms with Crippen molar-refractivity contribution in [3.8, 4) is 0 Å². The summed E-state index contributed by atoms with van der Waals surface area (Å²) >= 11 is 18.8. The third-order valence-electron chi connectivity index (χ3n) is 6.64. The number of hydrogen-bond acceptors (Lipinski definition) is 4. The Labute approximate surface area is 251 Å². The molecule has 3 rings (SSSR count). The topological polar surface area (TPSA) is 86.8 Å². The maximum atomic E-state index is 14.0. The van der Waals surface area contributed by atoms with Crippen LogP contribution in [0.1, 0.15) is 38.3 Å². The first-order chi connectivity index (χ1) is 18.9. The van der Waals surface area contributed by atoms with E-state index in [1.807, 2.05) is 13.8 Å². The predicted molar refractivity (Wildman–Crippen MR) is 162 cm³/mol. The molecule has 0 saturated carbocycles. The van der Waals surface area contributed by atoms with E-state index in [2.05, 4.69) is 5.32 Å². The minimum absolute atomic E-state index is 0.0111. The Bertz CT molecular complexity index is 1470. The molecule has 2 atom stereocenters. The summed E-state index contributed by atoms with van der Waals surface area (Å²) in [7, 11) is -4.19. The minimum atomic E-state index is -4.19. The molecule has 0 aliphatic heterocycles. The molecule has 0 saturated heterocycles. The van der Waals surface area contributed by atoms with Crippen molar-refractivity contribution in [1.82, 2.24) is 10.2 Å². The first kappa shape index (κ1) is 31.7. The van der Waals surface area contributed by atoms with Gasteiger partial charge in [0, 0.05) is 27.7 Å².